The Morgan fingerprint density at radius 2 is 1.89 bits per heavy atom. The maximum Gasteiger partial charge on any atom is 0.335 e. The Hall–Kier alpha value is -3.61. The van der Waals surface area contributed by atoms with Crippen molar-refractivity contribution < 1.29 is 19.1 Å². The van der Waals surface area contributed by atoms with Gasteiger partial charge in [-0.25, -0.2) is 9.69 Å². The van der Waals surface area contributed by atoms with Gasteiger partial charge in [0.15, 0.2) is 0 Å². The minimum atomic E-state index is -0.778. The fraction of sp³-hybridized carbons (Fsp3) is 0.393. The van der Waals surface area contributed by atoms with Crippen LogP contribution in [0.5, 0.6) is 5.75 Å². The molecule has 4 amide bonds. The Balaban J connectivity index is 1.72. The Labute approximate surface area is 206 Å². The van der Waals surface area contributed by atoms with Crippen molar-refractivity contribution >= 4 is 35.3 Å². The molecule has 1 atom stereocenters. The summed E-state index contributed by atoms with van der Waals surface area (Å²) in [4.78, 5) is 42.0. The molecule has 2 aromatic carbocycles. The summed E-state index contributed by atoms with van der Waals surface area (Å²) >= 11 is 0. The predicted octanol–water partition coefficient (Wildman–Crippen LogP) is 5.25. The average Bonchev–Trinajstić information content (AvgIpc) is 2.76. The lowest BCUT2D eigenvalue weighted by molar-refractivity contribution is -0.122. The van der Waals surface area contributed by atoms with Crippen molar-refractivity contribution in [1.29, 1.82) is 0 Å². The molecule has 0 aromatic heterocycles. The molecule has 7 heteroatoms. The van der Waals surface area contributed by atoms with Crippen molar-refractivity contribution in [3.05, 3.63) is 59.2 Å². The summed E-state index contributed by atoms with van der Waals surface area (Å²) in [5.41, 5.74) is 3.39. The first-order chi connectivity index (χ1) is 16.5. The molecule has 2 aromatic rings. The van der Waals surface area contributed by atoms with Crippen LogP contribution in [0, 0.1) is 0 Å². The molecule has 7 nitrogen and oxygen atoms in total. The van der Waals surface area contributed by atoms with Crippen LogP contribution in [-0.4, -0.2) is 36.0 Å². The number of benzene rings is 2. The number of fused-ring (bicyclic) bond motifs is 1. The number of amides is 4. The second kappa shape index (κ2) is 9.21. The van der Waals surface area contributed by atoms with Crippen LogP contribution in [0.25, 0.3) is 6.08 Å². The minimum absolute atomic E-state index is 0.0245. The Bertz CT molecular complexity index is 1210. The Morgan fingerprint density at radius 3 is 2.57 bits per heavy atom. The smallest absolute Gasteiger partial charge is 0.335 e. The lowest BCUT2D eigenvalue weighted by Gasteiger charge is -2.50. The maximum absolute atomic E-state index is 13.3. The van der Waals surface area contributed by atoms with Crippen LogP contribution in [0.3, 0.4) is 0 Å². The van der Waals surface area contributed by atoms with Gasteiger partial charge in [-0.15, -0.1) is 0 Å². The van der Waals surface area contributed by atoms with Crippen LogP contribution in [0.1, 0.15) is 65.0 Å². The molecule has 0 spiro atoms. The minimum Gasteiger partial charge on any atom is -0.494 e. The van der Waals surface area contributed by atoms with E-state index in [0.717, 1.165) is 16.9 Å². The van der Waals surface area contributed by atoms with Gasteiger partial charge in [0.05, 0.1) is 12.3 Å². The second-order valence-corrected chi connectivity index (χ2v) is 10.1. The number of anilines is 2. The number of nitrogens with one attached hydrogen (secondary N) is 1. The highest BCUT2D eigenvalue weighted by Crippen LogP contribution is 2.44. The molecular weight excluding hydrogens is 442 g/mol. The Morgan fingerprint density at radius 1 is 1.14 bits per heavy atom. The molecule has 2 aliphatic rings. The molecule has 0 radical (unpaired) electrons. The Kier molecular flexibility index (Phi) is 6.45. The van der Waals surface area contributed by atoms with Crippen LogP contribution in [0.15, 0.2) is 48.0 Å². The molecular formula is C28H33N3O4. The summed E-state index contributed by atoms with van der Waals surface area (Å²) < 4.78 is 5.50. The molecule has 1 fully saturated rings. The summed E-state index contributed by atoms with van der Waals surface area (Å²) in [7, 11) is 0. The van der Waals surface area contributed by atoms with Gasteiger partial charge in [-0.2, -0.15) is 0 Å². The van der Waals surface area contributed by atoms with Gasteiger partial charge in [-0.05, 0) is 88.4 Å². The monoisotopic (exact) mass is 475 g/mol. The first-order valence-corrected chi connectivity index (χ1v) is 12.1. The summed E-state index contributed by atoms with van der Waals surface area (Å²) in [6.07, 6.45) is 2.56. The first kappa shape index (κ1) is 24.5. The highest BCUT2D eigenvalue weighted by molar-refractivity contribution is 6.39. The third kappa shape index (κ3) is 4.55. The third-order valence-electron chi connectivity index (χ3n) is 6.62. The zero-order valence-corrected chi connectivity index (χ0v) is 21.2. The molecule has 184 valence electrons. The van der Waals surface area contributed by atoms with E-state index in [1.54, 1.807) is 30.3 Å². The van der Waals surface area contributed by atoms with Crippen molar-refractivity contribution in [2.75, 3.05) is 16.4 Å². The molecule has 1 N–H and O–H groups in total. The number of barbiturate groups is 1. The van der Waals surface area contributed by atoms with Crippen molar-refractivity contribution in [2.45, 2.75) is 65.5 Å². The summed E-state index contributed by atoms with van der Waals surface area (Å²) in [5, 5.41) is 2.29. The molecule has 0 bridgehead atoms. The fourth-order valence-electron chi connectivity index (χ4n) is 5.48. The van der Waals surface area contributed by atoms with Gasteiger partial charge in [0.25, 0.3) is 11.8 Å². The molecule has 0 saturated carbocycles. The first-order valence-electron chi connectivity index (χ1n) is 12.1. The molecule has 2 aliphatic heterocycles. The van der Waals surface area contributed by atoms with E-state index in [4.69, 9.17) is 4.74 Å². The van der Waals surface area contributed by atoms with E-state index in [-0.39, 0.29) is 11.1 Å². The fourth-order valence-corrected chi connectivity index (χ4v) is 5.48. The second-order valence-electron chi connectivity index (χ2n) is 10.1. The number of carbonyl (C=O) groups is 3. The molecule has 35 heavy (non-hydrogen) atoms. The van der Waals surface area contributed by atoms with Crippen LogP contribution in [0.4, 0.5) is 16.2 Å². The lowest BCUT2D eigenvalue weighted by atomic mass is 9.78. The summed E-state index contributed by atoms with van der Waals surface area (Å²) in [5.74, 6) is -0.506. The van der Waals surface area contributed by atoms with E-state index >= 15 is 0 Å². The quantitative estimate of drug-likeness (QED) is 0.472. The molecule has 1 saturated heterocycles. The average molecular weight is 476 g/mol. The van der Waals surface area contributed by atoms with Gasteiger partial charge in [-0.3, -0.25) is 14.9 Å². The highest BCUT2D eigenvalue weighted by Gasteiger charge is 2.39. The van der Waals surface area contributed by atoms with Gasteiger partial charge >= 0.3 is 6.03 Å². The van der Waals surface area contributed by atoms with Gasteiger partial charge < -0.3 is 9.64 Å². The van der Waals surface area contributed by atoms with Gasteiger partial charge in [0.1, 0.15) is 11.3 Å². The topological polar surface area (TPSA) is 79.0 Å². The third-order valence-corrected chi connectivity index (χ3v) is 6.62. The van der Waals surface area contributed by atoms with Crippen molar-refractivity contribution in [3.63, 3.8) is 0 Å². The van der Waals surface area contributed by atoms with Crippen molar-refractivity contribution in [3.8, 4) is 5.75 Å². The zero-order valence-electron chi connectivity index (χ0n) is 21.2. The van der Waals surface area contributed by atoms with Gasteiger partial charge in [0.2, 0.25) is 0 Å². The lowest BCUT2D eigenvalue weighted by Crippen LogP contribution is -2.54. The SMILES string of the molecule is CCOc1cccc(N2C(=O)NC(=O)/C(=C\c3ccc4c(c3)[C@@H](C)CC(C)(C)N4C(C)C)C2=O)c1. The van der Waals surface area contributed by atoms with Crippen LogP contribution < -0.4 is 19.9 Å². The summed E-state index contributed by atoms with van der Waals surface area (Å²) in [6.45, 7) is 13.4. The number of imide groups is 2. The summed E-state index contributed by atoms with van der Waals surface area (Å²) in [6, 6.07) is 12.3. The van der Waals surface area contributed by atoms with Crippen LogP contribution in [0.2, 0.25) is 0 Å². The van der Waals surface area contributed by atoms with Crippen LogP contribution in [-0.2, 0) is 9.59 Å². The number of urea groups is 1. The van der Waals surface area contributed by atoms with Crippen molar-refractivity contribution in [2.24, 2.45) is 0 Å². The van der Waals surface area contributed by atoms with E-state index in [1.165, 1.54) is 11.3 Å². The standard InChI is InChI=1S/C28H33N3O4/c1-7-35-21-10-8-9-20(15-21)30-26(33)23(25(32)29-27(30)34)14-19-11-12-24-22(13-19)18(4)16-28(5,6)31(24)17(2)3/h8-15,17-18H,7,16H2,1-6H3,(H,29,32,34)/b23-14+/t18-/m0/s1. The number of carbonyl (C=O) groups excluding carboxylic acids is 3. The number of ether oxygens (including phenoxy) is 1. The number of nitrogens with zero attached hydrogens (tertiary/aromatic N) is 2. The zero-order chi connectivity index (χ0) is 25.5. The van der Waals surface area contributed by atoms with Crippen LogP contribution >= 0.6 is 0 Å². The molecule has 0 unspecified atom stereocenters. The van der Waals surface area contributed by atoms with Crippen molar-refractivity contribution in [1.82, 2.24) is 5.32 Å². The van der Waals surface area contributed by atoms with Gasteiger partial charge in [0, 0.05) is 23.3 Å². The van der Waals surface area contributed by atoms with E-state index in [0.29, 0.717) is 30.0 Å². The van der Waals surface area contributed by atoms with E-state index in [2.05, 4.69) is 57.0 Å². The number of hydrogen-bond donors (Lipinski definition) is 1. The number of rotatable bonds is 5. The normalized spacial score (nSPS) is 20.8. The van der Waals surface area contributed by atoms with Gasteiger partial charge in [-0.1, -0.05) is 19.1 Å². The maximum atomic E-state index is 13.3. The largest absolute Gasteiger partial charge is 0.494 e. The molecule has 4 rings (SSSR count). The highest BCUT2D eigenvalue weighted by atomic mass is 16.5. The number of hydrogen-bond acceptors (Lipinski definition) is 5. The molecule has 0 aliphatic carbocycles. The van der Waals surface area contributed by atoms with E-state index < -0.39 is 17.8 Å². The van der Waals surface area contributed by atoms with E-state index in [1.807, 2.05) is 13.0 Å². The molecule has 2 heterocycles. The predicted molar refractivity (Wildman–Crippen MR) is 138 cm³/mol. The van der Waals surface area contributed by atoms with E-state index in [9.17, 15) is 14.4 Å².